The monoisotopic (exact) mass is 269 g/mol. The normalized spacial score (nSPS) is 11.7. The summed E-state index contributed by atoms with van der Waals surface area (Å²) in [4.78, 5) is 0. The van der Waals surface area contributed by atoms with Crippen LogP contribution in [0.2, 0.25) is 0 Å². The highest BCUT2D eigenvalue weighted by Crippen LogP contribution is 2.21. The first kappa shape index (κ1) is 12.2. The largest absolute Gasteiger partial charge is 0.299 e. The molecule has 1 aromatic rings. The van der Waals surface area contributed by atoms with Gasteiger partial charge in [0.05, 0.1) is 6.54 Å². The molecular weight excluding hydrogens is 257 g/mol. The van der Waals surface area contributed by atoms with Gasteiger partial charge in [-0.15, -0.1) is 5.92 Å². The van der Waals surface area contributed by atoms with Gasteiger partial charge in [0.1, 0.15) is 5.82 Å². The van der Waals surface area contributed by atoms with Crippen molar-refractivity contribution in [3.63, 3.8) is 0 Å². The number of benzene rings is 1. The summed E-state index contributed by atoms with van der Waals surface area (Å²) < 4.78 is 14.3. The van der Waals surface area contributed by atoms with Gasteiger partial charge in [0.2, 0.25) is 0 Å². The molecule has 0 aliphatic rings. The highest BCUT2D eigenvalue weighted by atomic mass is 79.9. The van der Waals surface area contributed by atoms with Crippen molar-refractivity contribution in [3.8, 4) is 11.8 Å². The van der Waals surface area contributed by atoms with E-state index in [1.807, 2.05) is 6.92 Å². The van der Waals surface area contributed by atoms with Crippen LogP contribution in [0, 0.1) is 17.7 Å². The lowest BCUT2D eigenvalue weighted by Gasteiger charge is -2.13. The lowest BCUT2D eigenvalue weighted by molar-refractivity contribution is 0.551. The average Bonchev–Trinajstić information content (AvgIpc) is 2.22. The first-order chi connectivity index (χ1) is 7.15. The van der Waals surface area contributed by atoms with E-state index in [9.17, 15) is 4.39 Å². The minimum Gasteiger partial charge on any atom is -0.299 e. The van der Waals surface area contributed by atoms with E-state index in [0.717, 1.165) is 4.47 Å². The molecule has 0 amide bonds. The molecule has 0 saturated carbocycles. The molecular formula is C12H13BrFN. The molecule has 1 N–H and O–H groups in total. The molecule has 0 heterocycles. The van der Waals surface area contributed by atoms with Gasteiger partial charge in [-0.25, -0.2) is 4.39 Å². The molecule has 0 bridgehead atoms. The van der Waals surface area contributed by atoms with Gasteiger partial charge in [0.25, 0.3) is 0 Å². The van der Waals surface area contributed by atoms with Crippen LogP contribution in [0.1, 0.15) is 25.5 Å². The fourth-order valence-electron chi connectivity index (χ4n) is 1.25. The lowest BCUT2D eigenvalue weighted by Crippen LogP contribution is -2.19. The van der Waals surface area contributed by atoms with Gasteiger partial charge < -0.3 is 0 Å². The molecule has 3 heteroatoms. The second-order valence-corrected chi connectivity index (χ2v) is 4.11. The minimum atomic E-state index is -0.192. The third kappa shape index (κ3) is 3.65. The van der Waals surface area contributed by atoms with E-state index >= 15 is 0 Å². The van der Waals surface area contributed by atoms with Crippen LogP contribution in [-0.4, -0.2) is 6.54 Å². The van der Waals surface area contributed by atoms with Crippen molar-refractivity contribution in [2.75, 3.05) is 6.54 Å². The van der Waals surface area contributed by atoms with Gasteiger partial charge in [0, 0.05) is 16.1 Å². The second-order valence-electron chi connectivity index (χ2n) is 3.20. The van der Waals surface area contributed by atoms with Crippen LogP contribution in [0.15, 0.2) is 22.7 Å². The SMILES string of the molecule is CC#CCNC(C)c1cc(Br)ccc1F. The lowest BCUT2D eigenvalue weighted by atomic mass is 10.1. The fourth-order valence-corrected chi connectivity index (χ4v) is 1.63. The molecule has 0 spiro atoms. The molecule has 80 valence electrons. The average molecular weight is 270 g/mol. The summed E-state index contributed by atoms with van der Waals surface area (Å²) in [5, 5.41) is 3.13. The van der Waals surface area contributed by atoms with Crippen molar-refractivity contribution in [2.45, 2.75) is 19.9 Å². The molecule has 15 heavy (non-hydrogen) atoms. The van der Waals surface area contributed by atoms with Crippen LogP contribution in [0.5, 0.6) is 0 Å². The molecule has 1 atom stereocenters. The Morgan fingerprint density at radius 1 is 1.53 bits per heavy atom. The summed E-state index contributed by atoms with van der Waals surface area (Å²) in [7, 11) is 0. The number of halogens is 2. The standard InChI is InChI=1S/C12H13BrFN/c1-3-4-7-15-9(2)11-8-10(13)5-6-12(11)14/h5-6,8-9,15H,7H2,1-2H3. The smallest absolute Gasteiger partial charge is 0.128 e. The molecule has 0 fully saturated rings. The summed E-state index contributed by atoms with van der Waals surface area (Å²) >= 11 is 3.32. The predicted octanol–water partition coefficient (Wildman–Crippen LogP) is 3.26. The maximum absolute atomic E-state index is 13.4. The quantitative estimate of drug-likeness (QED) is 0.831. The van der Waals surface area contributed by atoms with E-state index in [0.29, 0.717) is 12.1 Å². The molecule has 0 aliphatic heterocycles. The Morgan fingerprint density at radius 2 is 2.27 bits per heavy atom. The Balaban J connectivity index is 2.74. The highest BCUT2D eigenvalue weighted by molar-refractivity contribution is 9.10. The van der Waals surface area contributed by atoms with E-state index in [2.05, 4.69) is 33.1 Å². The summed E-state index contributed by atoms with van der Waals surface area (Å²) in [5.41, 5.74) is 0.655. The molecule has 1 unspecified atom stereocenters. The Kier molecular flexibility index (Phi) is 4.80. The van der Waals surface area contributed by atoms with Crippen molar-refractivity contribution in [1.82, 2.24) is 5.32 Å². The van der Waals surface area contributed by atoms with E-state index in [-0.39, 0.29) is 11.9 Å². The maximum Gasteiger partial charge on any atom is 0.128 e. The first-order valence-electron chi connectivity index (χ1n) is 4.73. The first-order valence-corrected chi connectivity index (χ1v) is 5.52. The van der Waals surface area contributed by atoms with E-state index in [4.69, 9.17) is 0 Å². The Bertz CT molecular complexity index is 392. The van der Waals surface area contributed by atoms with E-state index in [1.54, 1.807) is 19.1 Å². The minimum absolute atomic E-state index is 0.0386. The van der Waals surface area contributed by atoms with E-state index in [1.165, 1.54) is 6.07 Å². The van der Waals surface area contributed by atoms with Crippen LogP contribution in [-0.2, 0) is 0 Å². The van der Waals surface area contributed by atoms with Gasteiger partial charge >= 0.3 is 0 Å². The van der Waals surface area contributed by atoms with Gasteiger partial charge in [-0.3, -0.25) is 5.32 Å². The van der Waals surface area contributed by atoms with Crippen LogP contribution in [0.3, 0.4) is 0 Å². The van der Waals surface area contributed by atoms with Crippen molar-refractivity contribution in [1.29, 1.82) is 0 Å². The number of rotatable bonds is 3. The van der Waals surface area contributed by atoms with Gasteiger partial charge in [-0.05, 0) is 32.0 Å². The van der Waals surface area contributed by atoms with Gasteiger partial charge in [0.15, 0.2) is 0 Å². The van der Waals surface area contributed by atoms with Crippen LogP contribution < -0.4 is 5.32 Å². The topological polar surface area (TPSA) is 12.0 Å². The summed E-state index contributed by atoms with van der Waals surface area (Å²) in [6.45, 7) is 4.28. The molecule has 0 radical (unpaired) electrons. The Hall–Kier alpha value is -0.850. The summed E-state index contributed by atoms with van der Waals surface area (Å²) in [5.74, 6) is 5.48. The Morgan fingerprint density at radius 3 is 2.93 bits per heavy atom. The molecule has 1 aromatic carbocycles. The molecule has 0 aliphatic carbocycles. The Labute approximate surface area is 98.2 Å². The van der Waals surface area contributed by atoms with Crippen molar-refractivity contribution in [2.24, 2.45) is 0 Å². The zero-order chi connectivity index (χ0) is 11.3. The molecule has 1 nitrogen and oxygen atoms in total. The fraction of sp³-hybridized carbons (Fsp3) is 0.333. The second kappa shape index (κ2) is 5.89. The van der Waals surface area contributed by atoms with Gasteiger partial charge in [-0.1, -0.05) is 21.9 Å². The van der Waals surface area contributed by atoms with Crippen molar-refractivity contribution < 1.29 is 4.39 Å². The molecule has 0 aromatic heterocycles. The maximum atomic E-state index is 13.4. The van der Waals surface area contributed by atoms with Crippen molar-refractivity contribution >= 4 is 15.9 Å². The predicted molar refractivity (Wildman–Crippen MR) is 64.0 cm³/mol. The van der Waals surface area contributed by atoms with E-state index < -0.39 is 0 Å². The molecule has 0 saturated heterocycles. The zero-order valence-electron chi connectivity index (χ0n) is 8.77. The third-order valence-electron chi connectivity index (χ3n) is 2.10. The van der Waals surface area contributed by atoms with Crippen molar-refractivity contribution in [3.05, 3.63) is 34.1 Å². The third-order valence-corrected chi connectivity index (χ3v) is 2.59. The summed E-state index contributed by atoms with van der Waals surface area (Å²) in [6.07, 6.45) is 0. The zero-order valence-corrected chi connectivity index (χ0v) is 10.4. The summed E-state index contributed by atoms with van der Waals surface area (Å²) in [6, 6.07) is 4.90. The number of hydrogen-bond acceptors (Lipinski definition) is 1. The highest BCUT2D eigenvalue weighted by Gasteiger charge is 2.09. The molecule has 1 rings (SSSR count). The number of hydrogen-bond donors (Lipinski definition) is 1. The van der Waals surface area contributed by atoms with Crippen LogP contribution >= 0.6 is 15.9 Å². The van der Waals surface area contributed by atoms with Crippen LogP contribution in [0.25, 0.3) is 0 Å². The number of nitrogens with one attached hydrogen (secondary N) is 1. The van der Waals surface area contributed by atoms with Crippen LogP contribution in [0.4, 0.5) is 4.39 Å². The van der Waals surface area contributed by atoms with Gasteiger partial charge in [-0.2, -0.15) is 0 Å².